The van der Waals surface area contributed by atoms with Gasteiger partial charge in [0, 0.05) is 24.4 Å². The van der Waals surface area contributed by atoms with Gasteiger partial charge in [0.15, 0.2) is 5.78 Å². The van der Waals surface area contributed by atoms with E-state index in [1.54, 1.807) is 13.0 Å². The predicted octanol–water partition coefficient (Wildman–Crippen LogP) is 10.3. The molecule has 31 heavy (non-hydrogen) atoms. The van der Waals surface area contributed by atoms with Crippen molar-refractivity contribution in [2.75, 3.05) is 7.05 Å². The Labute approximate surface area is 200 Å². The molecule has 0 saturated heterocycles. The number of ketones is 1. The summed E-state index contributed by atoms with van der Waals surface area (Å²) in [4.78, 5) is 13.3. The summed E-state index contributed by atoms with van der Waals surface area (Å²) in [5.41, 5.74) is 2.98. The van der Waals surface area contributed by atoms with Crippen molar-refractivity contribution in [3.8, 4) is 0 Å². The molecule has 0 amide bonds. The molecule has 0 aliphatic carbocycles. The fourth-order valence-electron chi connectivity index (χ4n) is 1.84. The summed E-state index contributed by atoms with van der Waals surface area (Å²) in [5.74, 6) is 1.00. The Morgan fingerprint density at radius 2 is 1.23 bits per heavy atom. The average Bonchev–Trinajstić information content (AvgIpc) is 2.77. The van der Waals surface area contributed by atoms with Gasteiger partial charge in [0.25, 0.3) is 0 Å². The van der Waals surface area contributed by atoms with E-state index < -0.39 is 0 Å². The van der Waals surface area contributed by atoms with Crippen molar-refractivity contribution in [3.63, 3.8) is 0 Å². The summed E-state index contributed by atoms with van der Waals surface area (Å²) in [6, 6.07) is 0.397. The highest BCUT2D eigenvalue weighted by Crippen LogP contribution is 2.12. The zero-order valence-electron chi connectivity index (χ0n) is 24.8. The molecule has 0 atom stereocenters. The number of rotatable bonds is 8. The Kier molecular flexibility index (Phi) is 50.7. The molecule has 0 spiro atoms. The van der Waals surface area contributed by atoms with Crippen LogP contribution < -0.4 is 0 Å². The molecule has 0 saturated carbocycles. The molecule has 0 heterocycles. The number of Topliss-reactive ketones (excluding diaryl/α,β-unsaturated/α-hetero) is 1. The summed E-state index contributed by atoms with van der Waals surface area (Å²) < 4.78 is 0. The molecule has 0 fully saturated rings. The van der Waals surface area contributed by atoms with Gasteiger partial charge >= 0.3 is 0 Å². The van der Waals surface area contributed by atoms with Crippen LogP contribution in [-0.2, 0) is 4.79 Å². The van der Waals surface area contributed by atoms with E-state index in [4.69, 9.17) is 0 Å². The lowest BCUT2D eigenvalue weighted by atomic mass is 10.1. The quantitative estimate of drug-likeness (QED) is 0.212. The second-order valence-electron chi connectivity index (χ2n) is 7.09. The average molecular weight is 442 g/mol. The van der Waals surface area contributed by atoms with E-state index in [1.165, 1.54) is 31.3 Å². The molecule has 0 unspecified atom stereocenters. The molecular formula is C29H63NO. The highest BCUT2D eigenvalue weighted by atomic mass is 16.1. The fourth-order valence-corrected chi connectivity index (χ4v) is 1.84. The predicted molar refractivity (Wildman–Crippen MR) is 150 cm³/mol. The number of nitrogens with zero attached hydrogens (tertiary/aromatic N) is 1. The van der Waals surface area contributed by atoms with Crippen molar-refractivity contribution in [2.45, 2.75) is 136 Å². The lowest BCUT2D eigenvalue weighted by Gasteiger charge is -2.25. The van der Waals surface area contributed by atoms with Crippen molar-refractivity contribution in [2.24, 2.45) is 5.92 Å². The van der Waals surface area contributed by atoms with Crippen LogP contribution in [-0.4, -0.2) is 23.8 Å². The first-order valence-corrected chi connectivity index (χ1v) is 12.7. The minimum Gasteiger partial charge on any atom is -0.375 e. The van der Waals surface area contributed by atoms with Gasteiger partial charge in [0.05, 0.1) is 0 Å². The summed E-state index contributed by atoms with van der Waals surface area (Å²) in [6.07, 6.45) is 6.69. The van der Waals surface area contributed by atoms with Gasteiger partial charge in [-0.3, -0.25) is 4.79 Å². The molecule has 0 bridgehead atoms. The van der Waals surface area contributed by atoms with Crippen molar-refractivity contribution >= 4 is 5.78 Å². The van der Waals surface area contributed by atoms with Crippen molar-refractivity contribution in [1.82, 2.24) is 4.90 Å². The maximum absolute atomic E-state index is 11.2. The van der Waals surface area contributed by atoms with Gasteiger partial charge in [-0.1, -0.05) is 107 Å². The molecule has 0 aromatic rings. The van der Waals surface area contributed by atoms with Crippen LogP contribution in [0.3, 0.4) is 0 Å². The monoisotopic (exact) mass is 441 g/mol. The second kappa shape index (κ2) is 36.1. The van der Waals surface area contributed by atoms with Crippen LogP contribution in [0.4, 0.5) is 0 Å². The minimum absolute atomic E-state index is 0.0694. The first-order chi connectivity index (χ1) is 14.5. The van der Waals surface area contributed by atoms with Crippen LogP contribution in [0.15, 0.2) is 36.1 Å². The van der Waals surface area contributed by atoms with E-state index >= 15 is 0 Å². The molecule has 0 aliphatic rings. The van der Waals surface area contributed by atoms with Gasteiger partial charge < -0.3 is 4.90 Å². The first kappa shape index (κ1) is 43.5. The van der Waals surface area contributed by atoms with E-state index in [2.05, 4.69) is 66.5 Å². The number of hydrogen-bond donors (Lipinski definition) is 0. The molecule has 0 aliphatic heterocycles. The van der Waals surface area contributed by atoms with Crippen LogP contribution in [0.25, 0.3) is 0 Å². The molecule has 0 aromatic carbocycles. The fraction of sp³-hybridized carbons (Fsp3) is 0.759. The Bertz CT molecular complexity index is 401. The van der Waals surface area contributed by atoms with E-state index in [0.717, 1.165) is 11.6 Å². The maximum atomic E-state index is 11.2. The molecular weight excluding hydrogens is 378 g/mol. The lowest BCUT2D eigenvalue weighted by molar-refractivity contribution is -0.113. The van der Waals surface area contributed by atoms with Gasteiger partial charge in [-0.25, -0.2) is 0 Å². The lowest BCUT2D eigenvalue weighted by Crippen LogP contribution is -2.26. The van der Waals surface area contributed by atoms with Gasteiger partial charge in [-0.15, -0.1) is 6.58 Å². The molecule has 0 aromatic heterocycles. The number of carbonyl (C=O) groups excluding carboxylic acids is 1. The number of carbonyl (C=O) groups is 1. The third kappa shape index (κ3) is 36.4. The third-order valence-corrected chi connectivity index (χ3v) is 4.35. The molecule has 0 N–H and O–H groups in total. The third-order valence-electron chi connectivity index (χ3n) is 4.35. The summed E-state index contributed by atoms with van der Waals surface area (Å²) in [6.45, 7) is 38.0. The van der Waals surface area contributed by atoms with E-state index in [-0.39, 0.29) is 5.78 Å². The minimum atomic E-state index is 0.0694. The smallest absolute Gasteiger partial charge is 0.161 e. The largest absolute Gasteiger partial charge is 0.375 e. The molecule has 0 radical (unpaired) electrons. The molecule has 2 heteroatoms. The molecule has 190 valence electrons. The Balaban J connectivity index is -0.0000000731. The van der Waals surface area contributed by atoms with Crippen LogP contribution >= 0.6 is 0 Å². The van der Waals surface area contributed by atoms with Gasteiger partial charge in [-0.2, -0.15) is 0 Å². The van der Waals surface area contributed by atoms with Gasteiger partial charge in [0.2, 0.25) is 0 Å². The maximum Gasteiger partial charge on any atom is 0.161 e. The Morgan fingerprint density at radius 1 is 0.871 bits per heavy atom. The van der Waals surface area contributed by atoms with Crippen molar-refractivity contribution < 1.29 is 4.79 Å². The van der Waals surface area contributed by atoms with Gasteiger partial charge in [-0.05, 0) is 47.0 Å². The van der Waals surface area contributed by atoms with Crippen LogP contribution in [0, 0.1) is 5.92 Å². The van der Waals surface area contributed by atoms with E-state index in [9.17, 15) is 4.79 Å². The van der Waals surface area contributed by atoms with Gasteiger partial charge in [0.1, 0.15) is 0 Å². The van der Waals surface area contributed by atoms with E-state index in [1.807, 2.05) is 55.5 Å². The Hall–Kier alpha value is -1.31. The summed E-state index contributed by atoms with van der Waals surface area (Å²) in [5, 5.41) is 0. The van der Waals surface area contributed by atoms with E-state index in [0.29, 0.717) is 11.6 Å². The zero-order valence-corrected chi connectivity index (χ0v) is 24.8. The molecule has 0 rings (SSSR count). The van der Waals surface area contributed by atoms with Crippen LogP contribution in [0.1, 0.15) is 130 Å². The summed E-state index contributed by atoms with van der Waals surface area (Å²) >= 11 is 0. The zero-order chi connectivity index (χ0) is 26.6. The Morgan fingerprint density at radius 3 is 1.32 bits per heavy atom. The standard InChI is InChI=1S/C11H19NO.C6H12.C6H14.3C2H6/c1-7-11(10(5)13)9(4)12(6)8(2)3;1-4-5-6(2)3;1-4-6(3)5-2;3*1-2/h7-8H,1H2,2-6H3;2,4-5H2,1,3H3;6H,4-5H2,1-3H3;3*1-2H3/b11-9+;;;;;. The normalized spacial score (nSPS) is 9.35. The highest BCUT2D eigenvalue weighted by Gasteiger charge is 2.10. The second-order valence-corrected chi connectivity index (χ2v) is 7.09. The SMILES string of the molecule is C=C(C)CCC.C=C/C(C(C)=O)=C(/C)N(C)C(C)C.CC.CC.CC.CCC(C)CC. The molecule has 2 nitrogen and oxygen atoms in total. The first-order valence-electron chi connectivity index (χ1n) is 12.7. The highest BCUT2D eigenvalue weighted by molar-refractivity contribution is 5.96. The van der Waals surface area contributed by atoms with Crippen LogP contribution in [0.2, 0.25) is 0 Å². The number of allylic oxidation sites excluding steroid dienone is 4. The van der Waals surface area contributed by atoms with Crippen LogP contribution in [0.5, 0.6) is 0 Å². The summed E-state index contributed by atoms with van der Waals surface area (Å²) in [7, 11) is 1.98. The van der Waals surface area contributed by atoms with Crippen molar-refractivity contribution in [1.29, 1.82) is 0 Å². The van der Waals surface area contributed by atoms with Crippen molar-refractivity contribution in [3.05, 3.63) is 36.1 Å². The topological polar surface area (TPSA) is 20.3 Å². The number of hydrogen-bond acceptors (Lipinski definition) is 2.